The number of nitrogens with zero attached hydrogens (tertiary/aromatic N) is 3. The van der Waals surface area contributed by atoms with Gasteiger partial charge in [0.05, 0.1) is 12.5 Å². The Balaban J connectivity index is 1.69. The molecule has 1 aliphatic carbocycles. The summed E-state index contributed by atoms with van der Waals surface area (Å²) in [4.78, 5) is 28.1. The quantitative estimate of drug-likeness (QED) is 0.766. The highest BCUT2D eigenvalue weighted by Gasteiger charge is 2.46. The molecule has 2 saturated heterocycles. The summed E-state index contributed by atoms with van der Waals surface area (Å²) in [6.07, 6.45) is 10.9. The number of nitriles is 1. The predicted molar refractivity (Wildman–Crippen MR) is 102 cm³/mol. The van der Waals surface area contributed by atoms with E-state index in [4.69, 9.17) is 5.73 Å². The molecule has 27 heavy (non-hydrogen) atoms. The van der Waals surface area contributed by atoms with Gasteiger partial charge in [0.2, 0.25) is 5.91 Å². The molecule has 7 nitrogen and oxygen atoms in total. The molecule has 0 aromatic heterocycles. The van der Waals surface area contributed by atoms with E-state index in [9.17, 15) is 14.9 Å². The van der Waals surface area contributed by atoms with Gasteiger partial charge in [-0.3, -0.25) is 4.79 Å². The lowest BCUT2D eigenvalue weighted by Crippen LogP contribution is -2.60. The first-order valence-corrected chi connectivity index (χ1v) is 10.4. The maximum absolute atomic E-state index is 13.2. The third-order valence-electron chi connectivity index (χ3n) is 6.53. The summed E-state index contributed by atoms with van der Waals surface area (Å²) in [5, 5.41) is 13.2. The molecule has 1 atom stereocenters. The van der Waals surface area contributed by atoms with Crippen LogP contribution in [0, 0.1) is 23.7 Å². The van der Waals surface area contributed by atoms with Crippen LogP contribution in [0.5, 0.6) is 0 Å². The largest absolute Gasteiger partial charge is 0.351 e. The number of hydrogen-bond donors (Lipinski definition) is 2. The van der Waals surface area contributed by atoms with Crippen molar-refractivity contribution >= 4 is 11.9 Å². The number of hydrogen-bond acceptors (Lipinski definition) is 4. The number of amides is 3. The molecule has 3 aliphatic rings. The van der Waals surface area contributed by atoms with Crippen molar-refractivity contribution < 1.29 is 9.59 Å². The van der Waals surface area contributed by atoms with E-state index in [0.717, 1.165) is 13.0 Å². The fraction of sp³-hybridized carbons (Fsp3) is 0.800. The number of nitrogens with two attached hydrogens (primary N) is 1. The molecule has 3 amide bonds. The molecule has 7 heteroatoms. The SMILES string of the molecule is N#CC1(N(C(=O)[CH]CC2CCCCC2)C2CCN(C(N)=O)CC2)CCNC1. The highest BCUT2D eigenvalue weighted by molar-refractivity contribution is 5.86. The number of piperidine rings is 1. The normalized spacial score (nSPS) is 27.3. The second-order valence-electron chi connectivity index (χ2n) is 8.28. The van der Waals surface area contributed by atoms with Crippen LogP contribution in [0.1, 0.15) is 57.8 Å². The van der Waals surface area contributed by atoms with Crippen LogP contribution in [-0.4, -0.2) is 59.5 Å². The van der Waals surface area contributed by atoms with Gasteiger partial charge in [0.15, 0.2) is 0 Å². The van der Waals surface area contributed by atoms with E-state index in [1.54, 1.807) is 4.90 Å². The third kappa shape index (κ3) is 4.55. The number of nitrogens with one attached hydrogen (secondary N) is 1. The van der Waals surface area contributed by atoms with Crippen molar-refractivity contribution in [2.75, 3.05) is 26.2 Å². The van der Waals surface area contributed by atoms with Crippen molar-refractivity contribution in [1.29, 1.82) is 5.26 Å². The Morgan fingerprint density at radius 3 is 2.48 bits per heavy atom. The molecule has 3 fully saturated rings. The van der Waals surface area contributed by atoms with Crippen LogP contribution in [0.4, 0.5) is 4.79 Å². The summed E-state index contributed by atoms with van der Waals surface area (Å²) < 4.78 is 0. The number of urea groups is 1. The van der Waals surface area contributed by atoms with E-state index in [2.05, 4.69) is 11.4 Å². The summed E-state index contributed by atoms with van der Waals surface area (Å²) >= 11 is 0. The van der Waals surface area contributed by atoms with Gasteiger partial charge < -0.3 is 20.9 Å². The lowest BCUT2D eigenvalue weighted by molar-refractivity contribution is -0.136. The van der Waals surface area contributed by atoms with E-state index in [1.165, 1.54) is 32.1 Å². The number of rotatable bonds is 5. The van der Waals surface area contributed by atoms with Crippen LogP contribution < -0.4 is 11.1 Å². The zero-order chi connectivity index (χ0) is 19.3. The molecule has 3 rings (SSSR count). The number of carbonyl (C=O) groups excluding carboxylic acids is 2. The smallest absolute Gasteiger partial charge is 0.314 e. The van der Waals surface area contributed by atoms with Crippen molar-refractivity contribution in [3.05, 3.63) is 6.42 Å². The van der Waals surface area contributed by atoms with Gasteiger partial charge in [-0.25, -0.2) is 4.79 Å². The molecule has 1 unspecified atom stereocenters. The summed E-state index contributed by atoms with van der Waals surface area (Å²) in [7, 11) is 0. The lowest BCUT2D eigenvalue weighted by atomic mass is 9.85. The van der Waals surface area contributed by atoms with Crippen LogP contribution in [0.15, 0.2) is 0 Å². The standard InChI is InChI=1S/C20H32N5O2/c21-14-20(10-11-23-15-20)25(17-8-12-24(13-9-17)19(22)27)18(26)7-6-16-4-2-1-3-5-16/h7,16-17,23H,1-6,8-13,15H2,(H2,22,27). The fourth-order valence-electron chi connectivity index (χ4n) is 4.91. The van der Waals surface area contributed by atoms with Gasteiger partial charge in [-0.15, -0.1) is 0 Å². The Bertz CT molecular complexity index is 567. The van der Waals surface area contributed by atoms with Gasteiger partial charge in [0.25, 0.3) is 0 Å². The monoisotopic (exact) mass is 374 g/mol. The van der Waals surface area contributed by atoms with Gasteiger partial charge >= 0.3 is 6.03 Å². The number of carbonyl (C=O) groups is 2. The summed E-state index contributed by atoms with van der Waals surface area (Å²) in [6.45, 7) is 2.35. The van der Waals surface area contributed by atoms with E-state index in [-0.39, 0.29) is 11.9 Å². The van der Waals surface area contributed by atoms with Crippen molar-refractivity contribution in [2.45, 2.75) is 69.4 Å². The molecule has 0 spiro atoms. The van der Waals surface area contributed by atoms with Gasteiger partial charge in [0.1, 0.15) is 5.54 Å². The summed E-state index contributed by atoms with van der Waals surface area (Å²) in [5.74, 6) is 0.587. The van der Waals surface area contributed by atoms with Crippen molar-refractivity contribution in [2.24, 2.45) is 11.7 Å². The maximum Gasteiger partial charge on any atom is 0.314 e. The molecule has 2 heterocycles. The van der Waals surface area contributed by atoms with E-state index in [1.807, 2.05) is 11.3 Å². The molecular weight excluding hydrogens is 342 g/mol. The summed E-state index contributed by atoms with van der Waals surface area (Å²) in [5.41, 5.74) is 4.61. The number of likely N-dealkylation sites (tertiary alicyclic amines) is 1. The lowest BCUT2D eigenvalue weighted by Gasteiger charge is -2.44. The Hall–Kier alpha value is -1.81. The average molecular weight is 375 g/mol. The molecule has 0 aromatic carbocycles. The van der Waals surface area contributed by atoms with E-state index in [0.29, 0.717) is 44.8 Å². The van der Waals surface area contributed by atoms with Crippen LogP contribution in [-0.2, 0) is 4.79 Å². The maximum atomic E-state index is 13.2. The molecule has 1 radical (unpaired) electrons. The predicted octanol–water partition coefficient (Wildman–Crippen LogP) is 1.79. The van der Waals surface area contributed by atoms with Crippen molar-refractivity contribution in [3.63, 3.8) is 0 Å². The second kappa shape index (κ2) is 8.92. The topological polar surface area (TPSA) is 102 Å². The van der Waals surface area contributed by atoms with E-state index < -0.39 is 11.6 Å². The molecule has 0 aromatic rings. The minimum atomic E-state index is -0.778. The molecule has 1 saturated carbocycles. The minimum Gasteiger partial charge on any atom is -0.351 e. The van der Waals surface area contributed by atoms with Crippen LogP contribution in [0.2, 0.25) is 0 Å². The first kappa shape index (κ1) is 19.9. The van der Waals surface area contributed by atoms with Gasteiger partial charge in [-0.05, 0) is 38.1 Å². The van der Waals surface area contributed by atoms with Crippen LogP contribution in [0.3, 0.4) is 0 Å². The fourth-order valence-corrected chi connectivity index (χ4v) is 4.91. The van der Waals surface area contributed by atoms with Gasteiger partial charge in [0, 0.05) is 25.7 Å². The van der Waals surface area contributed by atoms with Gasteiger partial charge in [-0.2, -0.15) is 5.26 Å². The minimum absolute atomic E-state index is 0.0108. The molecule has 149 valence electrons. The van der Waals surface area contributed by atoms with Crippen LogP contribution >= 0.6 is 0 Å². The molecule has 0 bridgehead atoms. The zero-order valence-corrected chi connectivity index (χ0v) is 16.2. The highest BCUT2D eigenvalue weighted by Crippen LogP contribution is 2.32. The van der Waals surface area contributed by atoms with E-state index >= 15 is 0 Å². The Labute approximate surface area is 162 Å². The first-order valence-electron chi connectivity index (χ1n) is 10.4. The molecular formula is C20H32N5O2. The molecule has 2 aliphatic heterocycles. The zero-order valence-electron chi connectivity index (χ0n) is 16.2. The van der Waals surface area contributed by atoms with Crippen molar-refractivity contribution in [1.82, 2.24) is 15.1 Å². The Kier molecular flexibility index (Phi) is 6.59. The summed E-state index contributed by atoms with van der Waals surface area (Å²) in [6, 6.07) is 2.02. The highest BCUT2D eigenvalue weighted by atomic mass is 16.2. The Morgan fingerprint density at radius 1 is 1.22 bits per heavy atom. The number of primary amides is 1. The second-order valence-corrected chi connectivity index (χ2v) is 8.28. The van der Waals surface area contributed by atoms with Gasteiger partial charge in [-0.1, -0.05) is 32.1 Å². The molecule has 3 N–H and O–H groups in total. The average Bonchev–Trinajstić information content (AvgIpc) is 3.17. The first-order chi connectivity index (χ1) is 13.1. The van der Waals surface area contributed by atoms with Crippen molar-refractivity contribution in [3.8, 4) is 6.07 Å². The third-order valence-corrected chi connectivity index (χ3v) is 6.53. The Morgan fingerprint density at radius 2 is 1.93 bits per heavy atom. The van der Waals surface area contributed by atoms with Crippen LogP contribution in [0.25, 0.3) is 0 Å².